The normalized spacial score (nSPS) is 14.4. The number of amides is 6. The summed E-state index contributed by atoms with van der Waals surface area (Å²) < 4.78 is 0. The van der Waals surface area contributed by atoms with Gasteiger partial charge >= 0.3 is 23.9 Å². The molecule has 22 heteroatoms. The van der Waals surface area contributed by atoms with Crippen molar-refractivity contribution in [1.82, 2.24) is 31.9 Å². The van der Waals surface area contributed by atoms with E-state index in [4.69, 9.17) is 15.9 Å². The van der Waals surface area contributed by atoms with E-state index in [1.54, 1.807) is 0 Å². The standard InChI is InChI=1S/C28H45N7O15/c1-12(2)22(27(48)34-17(11-36)26(47)33-16(28(49)50)6-9-21(42)43)35-25(46)15(5-8-20(40)41)32-24(45)14(4-7-19(38)39)31-23(44)13(3)30-18(37)10-29/h12-17,22,36H,4-11,29H2,1-3H3,(H,30,37)(H,31,44)(H,32,45)(H,33,47)(H,34,48)(H,35,46)(H,38,39)(H,40,41)(H,42,43)(H,49,50). The molecular formula is C28H45N7O15. The molecule has 0 saturated heterocycles. The summed E-state index contributed by atoms with van der Waals surface area (Å²) in [7, 11) is 0. The van der Waals surface area contributed by atoms with Gasteiger partial charge in [-0.3, -0.25) is 43.2 Å². The molecule has 6 unspecified atom stereocenters. The van der Waals surface area contributed by atoms with Crippen LogP contribution in [0.25, 0.3) is 0 Å². The van der Waals surface area contributed by atoms with Crippen LogP contribution in [-0.2, 0) is 47.9 Å². The molecule has 13 N–H and O–H groups in total. The third-order valence-electron chi connectivity index (χ3n) is 6.84. The number of carbonyl (C=O) groups is 10. The number of aliphatic hydroxyl groups excluding tert-OH is 1. The van der Waals surface area contributed by atoms with E-state index in [9.17, 15) is 63.3 Å². The number of carbonyl (C=O) groups excluding carboxylic acids is 6. The fourth-order valence-corrected chi connectivity index (χ4v) is 4.05. The van der Waals surface area contributed by atoms with Crippen molar-refractivity contribution in [3.8, 4) is 0 Å². The average molecular weight is 720 g/mol. The van der Waals surface area contributed by atoms with Gasteiger partial charge in [-0.1, -0.05) is 13.8 Å². The van der Waals surface area contributed by atoms with Crippen LogP contribution in [0.3, 0.4) is 0 Å². The van der Waals surface area contributed by atoms with Crippen LogP contribution in [-0.4, -0.2) is 134 Å². The topological polar surface area (TPSA) is 370 Å². The van der Waals surface area contributed by atoms with Crippen LogP contribution in [0.5, 0.6) is 0 Å². The molecule has 0 aromatic carbocycles. The zero-order chi connectivity index (χ0) is 38.7. The zero-order valence-corrected chi connectivity index (χ0v) is 27.6. The summed E-state index contributed by atoms with van der Waals surface area (Å²) in [6, 6.07) is -9.41. The monoisotopic (exact) mass is 719 g/mol. The lowest BCUT2D eigenvalue weighted by Crippen LogP contribution is -2.61. The van der Waals surface area contributed by atoms with Gasteiger partial charge in [-0.2, -0.15) is 0 Å². The van der Waals surface area contributed by atoms with E-state index in [2.05, 4.69) is 26.6 Å². The molecule has 0 bridgehead atoms. The second-order valence-electron chi connectivity index (χ2n) is 11.3. The van der Waals surface area contributed by atoms with Crippen molar-refractivity contribution in [2.75, 3.05) is 13.2 Å². The molecule has 22 nitrogen and oxygen atoms in total. The fraction of sp³-hybridized carbons (Fsp3) is 0.643. The van der Waals surface area contributed by atoms with Crippen LogP contribution >= 0.6 is 0 Å². The Balaban J connectivity index is 6.02. The quantitative estimate of drug-likeness (QED) is 0.0445. The van der Waals surface area contributed by atoms with Crippen molar-refractivity contribution in [2.24, 2.45) is 11.7 Å². The second kappa shape index (κ2) is 22.3. The maximum absolute atomic E-state index is 13.3. The molecule has 0 fully saturated rings. The van der Waals surface area contributed by atoms with E-state index in [1.165, 1.54) is 20.8 Å². The van der Waals surface area contributed by atoms with Gasteiger partial charge in [0.1, 0.15) is 36.3 Å². The SMILES string of the molecule is CC(NC(=O)CN)C(=O)NC(CCC(=O)O)C(=O)NC(CCC(=O)O)C(=O)NC(C(=O)NC(CO)C(=O)NC(CCC(=O)O)C(=O)O)C(C)C. The average Bonchev–Trinajstić information content (AvgIpc) is 3.02. The Hall–Kier alpha value is -5.38. The van der Waals surface area contributed by atoms with Crippen LogP contribution in [0, 0.1) is 5.92 Å². The fourth-order valence-electron chi connectivity index (χ4n) is 4.05. The summed E-state index contributed by atoms with van der Waals surface area (Å²) in [4.78, 5) is 121. The van der Waals surface area contributed by atoms with Crippen molar-refractivity contribution < 1.29 is 73.5 Å². The predicted molar refractivity (Wildman–Crippen MR) is 166 cm³/mol. The molecule has 6 atom stereocenters. The summed E-state index contributed by atoms with van der Waals surface area (Å²) >= 11 is 0. The van der Waals surface area contributed by atoms with Crippen molar-refractivity contribution in [1.29, 1.82) is 0 Å². The molecule has 0 aliphatic carbocycles. The Morgan fingerprint density at radius 2 is 0.900 bits per heavy atom. The lowest BCUT2D eigenvalue weighted by atomic mass is 10.0. The Bertz CT molecular complexity index is 1280. The molecular weight excluding hydrogens is 674 g/mol. The van der Waals surface area contributed by atoms with Gasteiger partial charge in [-0.15, -0.1) is 0 Å². The van der Waals surface area contributed by atoms with Crippen molar-refractivity contribution >= 4 is 59.3 Å². The second-order valence-corrected chi connectivity index (χ2v) is 11.3. The lowest BCUT2D eigenvalue weighted by molar-refractivity contribution is -0.144. The Kier molecular flexibility index (Phi) is 19.9. The molecule has 282 valence electrons. The first-order valence-electron chi connectivity index (χ1n) is 15.2. The molecule has 0 saturated carbocycles. The number of carboxylic acid groups (broad SMARTS) is 4. The van der Waals surface area contributed by atoms with Gasteiger partial charge < -0.3 is 63.2 Å². The number of hydrogen-bond donors (Lipinski definition) is 12. The molecule has 0 heterocycles. The first-order chi connectivity index (χ1) is 23.2. The van der Waals surface area contributed by atoms with Gasteiger partial charge in [0.25, 0.3) is 0 Å². The van der Waals surface area contributed by atoms with Crippen molar-refractivity contribution in [2.45, 2.75) is 95.5 Å². The number of carboxylic acids is 4. The summed E-state index contributed by atoms with van der Waals surface area (Å²) in [6.07, 6.45) is -3.47. The van der Waals surface area contributed by atoms with Crippen molar-refractivity contribution in [3.05, 3.63) is 0 Å². The number of rotatable bonds is 24. The Morgan fingerprint density at radius 3 is 1.30 bits per heavy atom. The maximum atomic E-state index is 13.3. The van der Waals surface area contributed by atoms with E-state index in [0.29, 0.717) is 0 Å². The first kappa shape index (κ1) is 44.6. The van der Waals surface area contributed by atoms with E-state index in [0.717, 1.165) is 0 Å². The molecule has 0 aromatic heterocycles. The summed E-state index contributed by atoms with van der Waals surface area (Å²) in [5.74, 6) is -12.5. The van der Waals surface area contributed by atoms with E-state index < -0.39 is 153 Å². The highest BCUT2D eigenvalue weighted by atomic mass is 16.4. The Morgan fingerprint density at radius 1 is 0.520 bits per heavy atom. The molecule has 0 radical (unpaired) electrons. The summed E-state index contributed by atoms with van der Waals surface area (Å²) in [5, 5.41) is 59.3. The van der Waals surface area contributed by atoms with Gasteiger partial charge in [0.15, 0.2) is 0 Å². The van der Waals surface area contributed by atoms with E-state index >= 15 is 0 Å². The zero-order valence-electron chi connectivity index (χ0n) is 27.6. The third kappa shape index (κ3) is 17.1. The largest absolute Gasteiger partial charge is 0.481 e. The van der Waals surface area contributed by atoms with Crippen LogP contribution in [0.4, 0.5) is 0 Å². The van der Waals surface area contributed by atoms with Crippen LogP contribution in [0.1, 0.15) is 59.3 Å². The highest BCUT2D eigenvalue weighted by Gasteiger charge is 2.34. The highest BCUT2D eigenvalue weighted by Crippen LogP contribution is 2.08. The van der Waals surface area contributed by atoms with Crippen LogP contribution < -0.4 is 37.6 Å². The number of aliphatic carboxylic acids is 4. The molecule has 6 amide bonds. The molecule has 0 spiro atoms. The van der Waals surface area contributed by atoms with Crippen LogP contribution in [0.15, 0.2) is 0 Å². The Labute approximate surface area is 285 Å². The van der Waals surface area contributed by atoms with Crippen LogP contribution in [0.2, 0.25) is 0 Å². The smallest absolute Gasteiger partial charge is 0.326 e. The first-order valence-corrected chi connectivity index (χ1v) is 15.2. The van der Waals surface area contributed by atoms with Gasteiger partial charge in [0.05, 0.1) is 13.2 Å². The van der Waals surface area contributed by atoms with Gasteiger partial charge in [-0.25, -0.2) is 4.79 Å². The minimum atomic E-state index is -1.76. The van der Waals surface area contributed by atoms with Gasteiger partial charge in [-0.05, 0) is 32.1 Å². The van der Waals surface area contributed by atoms with Gasteiger partial charge in [0, 0.05) is 19.3 Å². The van der Waals surface area contributed by atoms with Crippen molar-refractivity contribution in [3.63, 3.8) is 0 Å². The number of nitrogens with two attached hydrogens (primary N) is 1. The molecule has 0 aliphatic heterocycles. The predicted octanol–water partition coefficient (Wildman–Crippen LogP) is -4.80. The van der Waals surface area contributed by atoms with E-state index in [-0.39, 0.29) is 0 Å². The van der Waals surface area contributed by atoms with E-state index in [1.807, 2.05) is 5.32 Å². The summed E-state index contributed by atoms with van der Waals surface area (Å²) in [5.41, 5.74) is 5.20. The highest BCUT2D eigenvalue weighted by molar-refractivity contribution is 5.97. The molecule has 0 aliphatic rings. The summed E-state index contributed by atoms with van der Waals surface area (Å²) in [6.45, 7) is 2.67. The minimum absolute atomic E-state index is 0.454. The van der Waals surface area contributed by atoms with Gasteiger partial charge in [0.2, 0.25) is 35.4 Å². The number of hydrogen-bond acceptors (Lipinski definition) is 12. The lowest BCUT2D eigenvalue weighted by Gasteiger charge is -2.28. The minimum Gasteiger partial charge on any atom is -0.481 e. The number of aliphatic hydroxyl groups is 1. The molecule has 50 heavy (non-hydrogen) atoms. The third-order valence-corrected chi connectivity index (χ3v) is 6.84. The maximum Gasteiger partial charge on any atom is 0.326 e. The molecule has 0 aromatic rings. The number of nitrogens with one attached hydrogen (secondary N) is 6. The molecule has 0 rings (SSSR count).